The quantitative estimate of drug-likeness (QED) is 0.300. The van der Waals surface area contributed by atoms with Crippen LogP contribution in [0.25, 0.3) is 0 Å². The van der Waals surface area contributed by atoms with Gasteiger partial charge in [-0.15, -0.1) is 23.2 Å². The molecule has 5 rings (SSSR count). The summed E-state index contributed by atoms with van der Waals surface area (Å²) in [6, 6.07) is 0. The number of carbonyl (C=O) groups is 1. The first-order chi connectivity index (χ1) is 15.7. The Hall–Kier alpha value is -0.240. The number of halogens is 4. The summed E-state index contributed by atoms with van der Waals surface area (Å²) in [5.41, 5.74) is -2.37. The third kappa shape index (κ3) is 2.85. The molecule has 0 N–H and O–H groups in total. The van der Waals surface area contributed by atoms with Crippen LogP contribution in [0.1, 0.15) is 53.9 Å². The predicted molar refractivity (Wildman–Crippen MR) is 134 cm³/mol. The highest BCUT2D eigenvalue weighted by Crippen LogP contribution is 2.74. The molecule has 0 aromatic carbocycles. The molecule has 1 aliphatic heterocycles. The Balaban J connectivity index is 1.66. The van der Waals surface area contributed by atoms with Crippen LogP contribution in [-0.4, -0.2) is 51.4 Å². The van der Waals surface area contributed by atoms with E-state index in [0.717, 1.165) is 0 Å². The maximum Gasteiger partial charge on any atom is 0.196 e. The van der Waals surface area contributed by atoms with Crippen LogP contribution in [0.3, 0.4) is 0 Å². The van der Waals surface area contributed by atoms with Crippen LogP contribution in [0.15, 0.2) is 22.8 Å². The topological polar surface area (TPSA) is 44.8 Å². The van der Waals surface area contributed by atoms with Gasteiger partial charge in [-0.1, -0.05) is 31.5 Å². The van der Waals surface area contributed by atoms with Crippen molar-refractivity contribution in [2.45, 2.75) is 87.8 Å². The maximum absolute atomic E-state index is 15.9. The molecule has 0 amide bonds. The van der Waals surface area contributed by atoms with Crippen molar-refractivity contribution >= 4 is 57.9 Å². The number of ketones is 1. The molecule has 4 aliphatic carbocycles. The molecule has 3 saturated carbocycles. The van der Waals surface area contributed by atoms with Gasteiger partial charge in [-0.3, -0.25) is 4.79 Å². The van der Waals surface area contributed by atoms with E-state index in [-0.39, 0.29) is 35.0 Å². The van der Waals surface area contributed by atoms with Crippen molar-refractivity contribution in [2.75, 3.05) is 6.61 Å². The Morgan fingerprint density at radius 2 is 1.94 bits per heavy atom. The highest BCUT2D eigenvalue weighted by atomic mass is 35.5. The molecule has 9 atom stereocenters. The summed E-state index contributed by atoms with van der Waals surface area (Å²) in [6.45, 7) is 9.98. The highest BCUT2D eigenvalue weighted by Gasteiger charge is 2.79. The second-order valence-electron chi connectivity index (χ2n) is 11.2. The van der Waals surface area contributed by atoms with E-state index in [1.807, 2.05) is 27.7 Å². The first-order valence-corrected chi connectivity index (χ1v) is 13.5. The Morgan fingerprint density at radius 1 is 1.26 bits per heavy atom. The number of fused-ring (bicyclic) bond motifs is 7. The van der Waals surface area contributed by atoms with Gasteiger partial charge in [0.1, 0.15) is 6.17 Å². The Bertz CT molecular complexity index is 1030. The first kappa shape index (κ1) is 25.4. The van der Waals surface area contributed by atoms with Crippen LogP contribution in [0.2, 0.25) is 0 Å². The summed E-state index contributed by atoms with van der Waals surface area (Å²) >= 11 is 27.0. The number of carbonyl (C=O) groups excluding carboxylic acids is 1. The van der Waals surface area contributed by atoms with Gasteiger partial charge < -0.3 is 14.2 Å². The molecule has 0 bridgehead atoms. The lowest BCUT2D eigenvalue weighted by Gasteiger charge is -2.64. The molecular formula is C25H30Cl3FO4S. The van der Waals surface area contributed by atoms with Crippen LogP contribution >= 0.6 is 47.0 Å². The summed E-state index contributed by atoms with van der Waals surface area (Å²) in [5.74, 6) is -1.68. The molecule has 9 heteroatoms. The van der Waals surface area contributed by atoms with Crippen LogP contribution in [-0.2, 0) is 19.0 Å². The second-order valence-corrected chi connectivity index (χ2v) is 13.1. The molecule has 34 heavy (non-hydrogen) atoms. The van der Waals surface area contributed by atoms with Crippen molar-refractivity contribution in [1.29, 1.82) is 0 Å². The van der Waals surface area contributed by atoms with E-state index in [2.05, 4.69) is 6.92 Å². The number of rotatable bonds is 2. The van der Waals surface area contributed by atoms with Gasteiger partial charge in [0.2, 0.25) is 0 Å². The van der Waals surface area contributed by atoms with Crippen molar-refractivity contribution in [3.63, 3.8) is 0 Å². The lowest BCUT2D eigenvalue weighted by atomic mass is 9.46. The van der Waals surface area contributed by atoms with Gasteiger partial charge in [-0.2, -0.15) is 0 Å². The fraction of sp³-hybridized carbons (Fsp3) is 0.760. The molecule has 0 spiro atoms. The number of alkyl halides is 3. The number of hydrogen-bond acceptors (Lipinski definition) is 5. The molecule has 0 aromatic rings. The van der Waals surface area contributed by atoms with Gasteiger partial charge in [-0.25, -0.2) is 4.39 Å². The molecule has 0 radical (unpaired) electrons. The van der Waals surface area contributed by atoms with Crippen LogP contribution in [0.5, 0.6) is 0 Å². The molecule has 4 nitrogen and oxygen atoms in total. The first-order valence-electron chi connectivity index (χ1n) is 11.9. The molecule has 4 fully saturated rings. The number of thiocarbonyl (C=S) groups is 1. The zero-order valence-electron chi connectivity index (χ0n) is 19.9. The summed E-state index contributed by atoms with van der Waals surface area (Å²) in [6.07, 6.45) is 2.48. The SMILES string of the molecule is CCOC(=S)[C@@]12OC(C)(C)O[C@@H]1C[C@H]1[C@@H]3C[C@H](F)C4=C(Cl)C(=O)C=C[C@]4(C)[C@@]3(Cl)[C@@H](Cl)C[C@@]12C. The van der Waals surface area contributed by atoms with Gasteiger partial charge in [0.15, 0.2) is 22.2 Å². The van der Waals surface area contributed by atoms with Crippen molar-refractivity contribution in [1.82, 2.24) is 0 Å². The van der Waals surface area contributed by atoms with Crippen LogP contribution < -0.4 is 0 Å². The molecule has 0 unspecified atom stereocenters. The Labute approximate surface area is 220 Å². The minimum Gasteiger partial charge on any atom is -0.484 e. The highest BCUT2D eigenvalue weighted by molar-refractivity contribution is 7.80. The van der Waals surface area contributed by atoms with E-state index in [0.29, 0.717) is 24.5 Å². The lowest BCUT2D eigenvalue weighted by Crippen LogP contribution is -2.69. The molecule has 188 valence electrons. The molecule has 0 aromatic heterocycles. The van der Waals surface area contributed by atoms with E-state index >= 15 is 4.39 Å². The summed E-state index contributed by atoms with van der Waals surface area (Å²) in [7, 11) is 0. The standard InChI is InChI=1S/C25H30Cl3FO4S/c1-6-31-20(34)25-17(32-21(2,3)33-25)10-12-13-9-14(29)18-19(27)15(30)7-8-22(18,4)24(13,28)16(26)11-23(12,25)5/h7-8,12-14,16-17H,6,9-11H2,1-5H3/t12-,13-,14-,16-,17+,22-,23-,24-,25-/m0/s1. The van der Waals surface area contributed by atoms with Gasteiger partial charge in [0.05, 0.1) is 28.0 Å². The number of ether oxygens (including phenoxy) is 3. The van der Waals surface area contributed by atoms with Gasteiger partial charge in [0.25, 0.3) is 0 Å². The van der Waals surface area contributed by atoms with E-state index in [9.17, 15) is 4.79 Å². The van der Waals surface area contributed by atoms with E-state index in [1.165, 1.54) is 6.08 Å². The van der Waals surface area contributed by atoms with E-state index in [1.54, 1.807) is 6.08 Å². The monoisotopic (exact) mass is 550 g/mol. The lowest BCUT2D eigenvalue weighted by molar-refractivity contribution is -0.197. The average molecular weight is 552 g/mol. The summed E-state index contributed by atoms with van der Waals surface area (Å²) in [4.78, 5) is 11.2. The number of hydrogen-bond donors (Lipinski definition) is 0. The van der Waals surface area contributed by atoms with Crippen molar-refractivity contribution in [3.8, 4) is 0 Å². The van der Waals surface area contributed by atoms with Crippen molar-refractivity contribution in [3.05, 3.63) is 22.8 Å². The van der Waals surface area contributed by atoms with Crippen LogP contribution in [0.4, 0.5) is 4.39 Å². The minimum absolute atomic E-state index is 0.0844. The third-order valence-corrected chi connectivity index (χ3v) is 11.6. The van der Waals surface area contributed by atoms with Crippen LogP contribution in [0, 0.1) is 22.7 Å². The minimum atomic E-state index is -1.41. The van der Waals surface area contributed by atoms with Gasteiger partial charge in [-0.05, 0) is 75.7 Å². The zero-order valence-corrected chi connectivity index (χ0v) is 23.0. The molecule has 1 heterocycles. The second kappa shape index (κ2) is 7.64. The maximum atomic E-state index is 15.9. The van der Waals surface area contributed by atoms with E-state index in [4.69, 9.17) is 61.2 Å². The molecule has 1 saturated heterocycles. The average Bonchev–Trinajstić information content (AvgIpc) is 3.14. The number of allylic oxidation sites excluding steroid dienone is 4. The Morgan fingerprint density at radius 3 is 2.59 bits per heavy atom. The Kier molecular flexibility index (Phi) is 5.71. The normalized spacial score (nSPS) is 51.0. The van der Waals surface area contributed by atoms with Gasteiger partial charge >= 0.3 is 0 Å². The van der Waals surface area contributed by atoms with Crippen molar-refractivity contribution < 1.29 is 23.4 Å². The third-order valence-electron chi connectivity index (χ3n) is 9.23. The summed E-state index contributed by atoms with van der Waals surface area (Å²) in [5, 5.41) is -0.311. The fourth-order valence-corrected chi connectivity index (χ4v) is 10.0. The fourth-order valence-electron chi connectivity index (χ4n) is 7.92. The van der Waals surface area contributed by atoms with Crippen molar-refractivity contribution in [2.24, 2.45) is 22.7 Å². The molecule has 5 aliphatic rings. The summed E-state index contributed by atoms with van der Waals surface area (Å²) < 4.78 is 34.8. The predicted octanol–water partition coefficient (Wildman–Crippen LogP) is 6.25. The zero-order chi connectivity index (χ0) is 25.1. The van der Waals surface area contributed by atoms with E-state index < -0.39 is 44.4 Å². The largest absolute Gasteiger partial charge is 0.484 e. The smallest absolute Gasteiger partial charge is 0.196 e. The van der Waals surface area contributed by atoms with Gasteiger partial charge in [0, 0.05) is 10.8 Å². The molecular weight excluding hydrogens is 522 g/mol.